The minimum atomic E-state index is -4.65. The highest BCUT2D eigenvalue weighted by atomic mass is 19.4. The number of aryl methyl sites for hydroxylation is 1. The lowest BCUT2D eigenvalue weighted by Crippen LogP contribution is -2.43. The van der Waals surface area contributed by atoms with Gasteiger partial charge < -0.3 is 10.6 Å². The molecule has 2 aliphatic rings. The molecule has 4 rings (SSSR count). The summed E-state index contributed by atoms with van der Waals surface area (Å²) >= 11 is 0. The highest BCUT2D eigenvalue weighted by molar-refractivity contribution is 6.11. The van der Waals surface area contributed by atoms with Gasteiger partial charge in [-0.15, -0.1) is 0 Å². The van der Waals surface area contributed by atoms with Crippen molar-refractivity contribution in [2.45, 2.75) is 24.6 Å². The maximum Gasteiger partial charge on any atom is 0.418 e. The number of para-hydroxylation sites is 1. The van der Waals surface area contributed by atoms with E-state index < -0.39 is 47.4 Å². The number of nitrogens with one attached hydrogen (secondary N) is 2. The highest BCUT2D eigenvalue weighted by Crippen LogP contribution is 2.41. The summed E-state index contributed by atoms with van der Waals surface area (Å²) in [6.45, 7) is -0.680. The fraction of sp³-hybridized carbons (Fsp3) is 0.250. The van der Waals surface area contributed by atoms with Gasteiger partial charge in [0.15, 0.2) is 0 Å². The Morgan fingerprint density at radius 3 is 2.55 bits per heavy atom. The van der Waals surface area contributed by atoms with E-state index in [4.69, 9.17) is 0 Å². The van der Waals surface area contributed by atoms with E-state index in [0.717, 1.165) is 22.6 Å². The lowest BCUT2D eigenvalue weighted by Gasteiger charge is -2.22. The quantitative estimate of drug-likeness (QED) is 0.774. The summed E-state index contributed by atoms with van der Waals surface area (Å²) in [4.78, 5) is 38.5. The minimum absolute atomic E-state index is 0.367. The van der Waals surface area contributed by atoms with Gasteiger partial charge in [0.2, 0.25) is 5.91 Å². The van der Waals surface area contributed by atoms with Gasteiger partial charge in [-0.3, -0.25) is 14.5 Å². The molecular weight excluding hydrogens is 387 g/mol. The normalized spacial score (nSPS) is 20.7. The predicted octanol–water partition coefficient (Wildman–Crippen LogP) is 3.04. The average molecular weight is 403 g/mol. The first kappa shape index (κ1) is 19.0. The molecule has 0 radical (unpaired) electrons. The van der Waals surface area contributed by atoms with Crippen molar-refractivity contribution in [2.75, 3.05) is 11.9 Å². The molecular formula is C20H16F3N3O3. The van der Waals surface area contributed by atoms with E-state index in [1.54, 1.807) is 12.1 Å². The molecule has 1 saturated heterocycles. The van der Waals surface area contributed by atoms with E-state index in [9.17, 15) is 27.6 Å². The van der Waals surface area contributed by atoms with Crippen molar-refractivity contribution in [3.8, 4) is 0 Å². The van der Waals surface area contributed by atoms with Crippen LogP contribution in [0.3, 0.4) is 0 Å². The van der Waals surface area contributed by atoms with Crippen molar-refractivity contribution in [3.63, 3.8) is 0 Å². The van der Waals surface area contributed by atoms with E-state index in [-0.39, 0.29) is 0 Å². The van der Waals surface area contributed by atoms with Crippen molar-refractivity contribution in [1.29, 1.82) is 0 Å². The van der Waals surface area contributed by atoms with Gasteiger partial charge in [-0.1, -0.05) is 36.4 Å². The van der Waals surface area contributed by atoms with Gasteiger partial charge in [0.1, 0.15) is 12.1 Å². The number of nitrogens with zero attached hydrogens (tertiary/aromatic N) is 1. The number of benzene rings is 2. The number of carbonyl (C=O) groups excluding carboxylic acids is 3. The van der Waals surface area contributed by atoms with Gasteiger partial charge in [-0.05, 0) is 36.1 Å². The first-order valence-electron chi connectivity index (χ1n) is 8.91. The summed E-state index contributed by atoms with van der Waals surface area (Å²) in [5, 5.41) is 4.82. The Balaban J connectivity index is 1.54. The monoisotopic (exact) mass is 403 g/mol. The molecule has 150 valence electrons. The van der Waals surface area contributed by atoms with Crippen molar-refractivity contribution in [1.82, 2.24) is 10.2 Å². The molecule has 29 heavy (non-hydrogen) atoms. The van der Waals surface area contributed by atoms with Crippen LogP contribution in [-0.4, -0.2) is 29.3 Å². The predicted molar refractivity (Wildman–Crippen MR) is 96.8 cm³/mol. The van der Waals surface area contributed by atoms with Gasteiger partial charge >= 0.3 is 12.2 Å². The van der Waals surface area contributed by atoms with Gasteiger partial charge in [0.25, 0.3) is 5.91 Å². The number of fused-ring (bicyclic) bond motifs is 2. The molecule has 1 aliphatic heterocycles. The van der Waals surface area contributed by atoms with Crippen LogP contribution in [0, 0.1) is 0 Å². The lowest BCUT2D eigenvalue weighted by atomic mass is 9.92. The van der Waals surface area contributed by atoms with Crippen molar-refractivity contribution in [3.05, 3.63) is 65.2 Å². The Kier molecular flexibility index (Phi) is 4.33. The Morgan fingerprint density at radius 2 is 1.79 bits per heavy atom. The number of rotatable bonds is 3. The summed E-state index contributed by atoms with van der Waals surface area (Å²) in [5.41, 5.74) is -1.04. The number of amides is 4. The molecule has 1 heterocycles. The van der Waals surface area contributed by atoms with Crippen LogP contribution in [0.15, 0.2) is 48.5 Å². The average Bonchev–Trinajstić information content (AvgIpc) is 3.15. The molecule has 6 nitrogen and oxygen atoms in total. The van der Waals surface area contributed by atoms with E-state index in [1.807, 2.05) is 12.1 Å². The Morgan fingerprint density at radius 1 is 1.10 bits per heavy atom. The van der Waals surface area contributed by atoms with E-state index >= 15 is 0 Å². The molecule has 0 bridgehead atoms. The molecule has 0 aromatic heterocycles. The second-order valence-electron chi connectivity index (χ2n) is 6.98. The Bertz CT molecular complexity index is 1020. The van der Waals surface area contributed by atoms with Gasteiger partial charge in [-0.25, -0.2) is 4.79 Å². The molecule has 1 fully saturated rings. The van der Waals surface area contributed by atoms with E-state index in [1.165, 1.54) is 12.1 Å². The maximum absolute atomic E-state index is 13.1. The molecule has 4 amide bonds. The van der Waals surface area contributed by atoms with Crippen LogP contribution in [0.5, 0.6) is 0 Å². The number of hydrogen-bond acceptors (Lipinski definition) is 3. The van der Waals surface area contributed by atoms with Gasteiger partial charge in [-0.2, -0.15) is 13.2 Å². The van der Waals surface area contributed by atoms with Gasteiger partial charge in [0.05, 0.1) is 11.3 Å². The zero-order chi connectivity index (χ0) is 20.8. The van der Waals surface area contributed by atoms with Crippen molar-refractivity contribution < 1.29 is 27.6 Å². The molecule has 1 spiro atoms. The fourth-order valence-corrected chi connectivity index (χ4v) is 3.91. The molecule has 1 aliphatic carbocycles. The number of alkyl halides is 3. The number of urea groups is 1. The summed E-state index contributed by atoms with van der Waals surface area (Å²) < 4.78 is 39.3. The number of carbonyl (C=O) groups is 3. The van der Waals surface area contributed by atoms with Crippen molar-refractivity contribution in [2.24, 2.45) is 0 Å². The first-order valence-corrected chi connectivity index (χ1v) is 8.91. The van der Waals surface area contributed by atoms with Crippen molar-refractivity contribution >= 4 is 23.5 Å². The van der Waals surface area contributed by atoms with Gasteiger partial charge in [0, 0.05) is 0 Å². The topological polar surface area (TPSA) is 78.5 Å². The number of halogens is 3. The van der Waals surface area contributed by atoms with Crippen LogP contribution in [0.1, 0.15) is 23.1 Å². The van der Waals surface area contributed by atoms with Crippen LogP contribution in [0.4, 0.5) is 23.7 Å². The second-order valence-corrected chi connectivity index (χ2v) is 6.98. The highest BCUT2D eigenvalue weighted by Gasteiger charge is 2.55. The summed E-state index contributed by atoms with van der Waals surface area (Å²) in [6, 6.07) is 11.0. The molecule has 2 aromatic rings. The zero-order valence-electron chi connectivity index (χ0n) is 15.0. The SMILES string of the molecule is O=C(CN1C(=O)N[C@@]2(CCc3ccccc32)C1=O)Nc1ccccc1C(F)(F)F. The van der Waals surface area contributed by atoms with Crippen LogP contribution in [0.25, 0.3) is 0 Å². The molecule has 1 atom stereocenters. The third-order valence-corrected chi connectivity index (χ3v) is 5.23. The summed E-state index contributed by atoms with van der Waals surface area (Å²) in [6.07, 6.45) is -3.69. The lowest BCUT2D eigenvalue weighted by molar-refractivity contribution is -0.137. The maximum atomic E-state index is 13.1. The fourth-order valence-electron chi connectivity index (χ4n) is 3.91. The van der Waals surface area contributed by atoms with E-state index in [2.05, 4.69) is 10.6 Å². The first-order chi connectivity index (χ1) is 13.7. The van der Waals surface area contributed by atoms with Crippen LogP contribution in [0.2, 0.25) is 0 Å². The molecule has 2 aromatic carbocycles. The largest absolute Gasteiger partial charge is 0.418 e. The summed E-state index contributed by atoms with van der Waals surface area (Å²) in [7, 11) is 0. The third-order valence-electron chi connectivity index (χ3n) is 5.23. The third kappa shape index (κ3) is 3.12. The number of imide groups is 1. The smallest absolute Gasteiger partial charge is 0.324 e. The number of anilines is 1. The Hall–Kier alpha value is -3.36. The minimum Gasteiger partial charge on any atom is -0.324 e. The van der Waals surface area contributed by atoms with Crippen LogP contribution >= 0.6 is 0 Å². The molecule has 2 N–H and O–H groups in total. The standard InChI is InChI=1S/C20H16F3N3O3/c21-20(22,23)14-7-3-4-8-15(14)24-16(27)11-26-17(28)19(25-18(26)29)10-9-12-5-1-2-6-13(12)19/h1-8H,9-11H2,(H,24,27)(H,25,29)/t19-/m1/s1. The zero-order valence-corrected chi connectivity index (χ0v) is 15.0. The second kappa shape index (κ2) is 6.61. The Labute approximate surface area is 163 Å². The molecule has 0 unspecified atom stereocenters. The molecule has 9 heteroatoms. The molecule has 0 saturated carbocycles. The van der Waals surface area contributed by atoms with Crippen LogP contribution < -0.4 is 10.6 Å². The number of hydrogen-bond donors (Lipinski definition) is 2. The summed E-state index contributed by atoms with van der Waals surface area (Å²) in [5.74, 6) is -1.47. The van der Waals surface area contributed by atoms with Crippen LogP contribution in [-0.2, 0) is 27.7 Å². The van der Waals surface area contributed by atoms with E-state index in [0.29, 0.717) is 18.4 Å².